The van der Waals surface area contributed by atoms with Gasteiger partial charge in [-0.3, -0.25) is 4.79 Å². The van der Waals surface area contributed by atoms with Gasteiger partial charge in [0.25, 0.3) is 0 Å². The third-order valence-electron chi connectivity index (χ3n) is 3.92. The van der Waals surface area contributed by atoms with E-state index in [2.05, 4.69) is 30.7 Å². The third kappa shape index (κ3) is 4.47. The molecule has 1 aliphatic rings. The van der Waals surface area contributed by atoms with Gasteiger partial charge in [-0.25, -0.2) is 0 Å². The van der Waals surface area contributed by atoms with Crippen molar-refractivity contribution in [3.63, 3.8) is 0 Å². The molecule has 0 radical (unpaired) electrons. The van der Waals surface area contributed by atoms with Crippen LogP contribution in [0.25, 0.3) is 0 Å². The van der Waals surface area contributed by atoms with E-state index >= 15 is 0 Å². The summed E-state index contributed by atoms with van der Waals surface area (Å²) in [5, 5.41) is 7.16. The fourth-order valence-electron chi connectivity index (χ4n) is 2.66. The van der Waals surface area contributed by atoms with E-state index in [-0.39, 0.29) is 11.3 Å². The molecule has 1 saturated heterocycles. The molecule has 1 rings (SSSR count). The Balaban J connectivity index is 2.44. The number of rotatable bonds is 7. The maximum absolute atomic E-state index is 12.4. The molecule has 18 heavy (non-hydrogen) atoms. The van der Waals surface area contributed by atoms with E-state index in [0.717, 1.165) is 51.7 Å². The molecule has 2 unspecified atom stereocenters. The topological polar surface area (TPSA) is 41.1 Å². The number of carbonyl (C=O) groups excluding carboxylic acids is 1. The van der Waals surface area contributed by atoms with Crippen LogP contribution in [-0.2, 0) is 4.79 Å². The molecule has 2 N–H and O–H groups in total. The Morgan fingerprint density at radius 3 is 2.89 bits per heavy atom. The van der Waals surface area contributed by atoms with Gasteiger partial charge in [0.1, 0.15) is 0 Å². The Hall–Kier alpha value is -0.220. The molecule has 0 aromatic heterocycles. The highest BCUT2D eigenvalue weighted by Gasteiger charge is 2.38. The first kappa shape index (κ1) is 15.8. The van der Waals surface area contributed by atoms with Crippen molar-refractivity contribution in [2.45, 2.75) is 51.2 Å². The Labute approximate surface area is 116 Å². The van der Waals surface area contributed by atoms with Gasteiger partial charge in [0.05, 0.1) is 5.41 Å². The van der Waals surface area contributed by atoms with Crippen LogP contribution in [0.2, 0.25) is 0 Å². The van der Waals surface area contributed by atoms with Crippen LogP contribution in [0.15, 0.2) is 0 Å². The number of nitrogens with one attached hydrogen (secondary N) is 2. The van der Waals surface area contributed by atoms with Crippen LogP contribution < -0.4 is 10.6 Å². The molecule has 0 aromatic carbocycles. The average Bonchev–Trinajstić information content (AvgIpc) is 2.39. The zero-order chi connectivity index (χ0) is 13.4. The van der Waals surface area contributed by atoms with Gasteiger partial charge >= 0.3 is 0 Å². The highest BCUT2D eigenvalue weighted by Crippen LogP contribution is 2.31. The van der Waals surface area contributed by atoms with Crippen molar-refractivity contribution in [3.05, 3.63) is 0 Å². The number of hydrogen-bond acceptors (Lipinski definition) is 3. The largest absolute Gasteiger partial charge is 0.356 e. The smallest absolute Gasteiger partial charge is 0.227 e. The molecule has 0 aromatic rings. The van der Waals surface area contributed by atoms with E-state index in [4.69, 9.17) is 0 Å². The van der Waals surface area contributed by atoms with Crippen molar-refractivity contribution in [2.24, 2.45) is 5.41 Å². The fraction of sp³-hybridized carbons (Fsp3) is 0.929. The molecule has 3 nitrogen and oxygen atoms in total. The molecule has 1 heterocycles. The monoisotopic (exact) mass is 272 g/mol. The Morgan fingerprint density at radius 2 is 2.33 bits per heavy atom. The van der Waals surface area contributed by atoms with Crippen LogP contribution >= 0.6 is 11.8 Å². The number of piperidine rings is 1. The van der Waals surface area contributed by atoms with E-state index < -0.39 is 0 Å². The Morgan fingerprint density at radius 1 is 1.56 bits per heavy atom. The second kappa shape index (κ2) is 8.05. The third-order valence-corrected chi connectivity index (χ3v) is 4.96. The maximum Gasteiger partial charge on any atom is 0.227 e. The molecule has 4 heteroatoms. The standard InChI is InChI=1S/C14H28N2OS/c1-4-7-14(8-5-9-15-11-14)13(17)16-10-6-12(2)18-3/h12,15H,4-11H2,1-3H3,(H,16,17). The lowest BCUT2D eigenvalue weighted by Gasteiger charge is -2.36. The van der Waals surface area contributed by atoms with Crippen molar-refractivity contribution in [1.29, 1.82) is 0 Å². The lowest BCUT2D eigenvalue weighted by molar-refractivity contribution is -0.132. The average molecular weight is 272 g/mol. The minimum Gasteiger partial charge on any atom is -0.356 e. The van der Waals surface area contributed by atoms with Gasteiger partial charge in [-0.2, -0.15) is 11.8 Å². The van der Waals surface area contributed by atoms with Crippen molar-refractivity contribution in [2.75, 3.05) is 25.9 Å². The predicted molar refractivity (Wildman–Crippen MR) is 80.0 cm³/mol. The molecule has 106 valence electrons. The summed E-state index contributed by atoms with van der Waals surface area (Å²) in [4.78, 5) is 12.4. The summed E-state index contributed by atoms with van der Waals surface area (Å²) in [7, 11) is 0. The first-order chi connectivity index (χ1) is 8.64. The summed E-state index contributed by atoms with van der Waals surface area (Å²) < 4.78 is 0. The van der Waals surface area contributed by atoms with Gasteiger partial charge in [-0.1, -0.05) is 20.3 Å². The van der Waals surface area contributed by atoms with Crippen LogP contribution in [0.1, 0.15) is 46.0 Å². The van der Waals surface area contributed by atoms with E-state index in [9.17, 15) is 4.79 Å². The van der Waals surface area contributed by atoms with E-state index in [0.29, 0.717) is 5.25 Å². The first-order valence-corrected chi connectivity index (χ1v) is 8.45. The van der Waals surface area contributed by atoms with Gasteiger partial charge in [-0.15, -0.1) is 0 Å². The summed E-state index contributed by atoms with van der Waals surface area (Å²) >= 11 is 1.86. The predicted octanol–water partition coefficient (Wildman–Crippen LogP) is 2.41. The highest BCUT2D eigenvalue weighted by atomic mass is 32.2. The summed E-state index contributed by atoms with van der Waals surface area (Å²) in [6, 6.07) is 0. The molecule has 1 fully saturated rings. The quantitative estimate of drug-likeness (QED) is 0.748. The summed E-state index contributed by atoms with van der Waals surface area (Å²) in [5.41, 5.74) is -0.143. The zero-order valence-corrected chi connectivity index (χ0v) is 12.9. The molecule has 1 aliphatic heterocycles. The van der Waals surface area contributed by atoms with Crippen LogP contribution in [0.4, 0.5) is 0 Å². The van der Waals surface area contributed by atoms with Gasteiger partial charge in [-0.05, 0) is 38.5 Å². The minimum atomic E-state index is -0.143. The van der Waals surface area contributed by atoms with Crippen molar-refractivity contribution < 1.29 is 4.79 Å². The number of hydrogen-bond donors (Lipinski definition) is 2. The molecular formula is C14H28N2OS. The second-order valence-electron chi connectivity index (χ2n) is 5.40. The van der Waals surface area contributed by atoms with Crippen molar-refractivity contribution >= 4 is 17.7 Å². The summed E-state index contributed by atoms with van der Waals surface area (Å²) in [6.07, 6.45) is 7.42. The van der Waals surface area contributed by atoms with Gasteiger partial charge < -0.3 is 10.6 Å². The number of thioether (sulfide) groups is 1. The van der Waals surface area contributed by atoms with Gasteiger partial charge in [0.15, 0.2) is 0 Å². The summed E-state index contributed by atoms with van der Waals surface area (Å²) in [5.74, 6) is 0.268. The Bertz CT molecular complexity index is 247. The number of carbonyl (C=O) groups is 1. The highest BCUT2D eigenvalue weighted by molar-refractivity contribution is 7.99. The molecule has 0 aliphatic carbocycles. The molecule has 0 bridgehead atoms. The molecule has 2 atom stereocenters. The first-order valence-electron chi connectivity index (χ1n) is 7.16. The van der Waals surface area contributed by atoms with Gasteiger partial charge in [0.2, 0.25) is 5.91 Å². The molecule has 1 amide bonds. The van der Waals surface area contributed by atoms with Crippen LogP contribution in [0, 0.1) is 5.41 Å². The minimum absolute atomic E-state index is 0.143. The second-order valence-corrected chi connectivity index (χ2v) is 6.68. The lowest BCUT2D eigenvalue weighted by atomic mass is 9.76. The number of amides is 1. The Kier molecular flexibility index (Phi) is 7.08. The van der Waals surface area contributed by atoms with Crippen molar-refractivity contribution in [1.82, 2.24) is 10.6 Å². The van der Waals surface area contributed by atoms with Gasteiger partial charge in [0, 0.05) is 18.3 Å². The van der Waals surface area contributed by atoms with Crippen LogP contribution in [-0.4, -0.2) is 37.0 Å². The fourth-order valence-corrected chi connectivity index (χ4v) is 3.01. The van der Waals surface area contributed by atoms with Crippen LogP contribution in [0.5, 0.6) is 0 Å². The van der Waals surface area contributed by atoms with Crippen molar-refractivity contribution in [3.8, 4) is 0 Å². The van der Waals surface area contributed by atoms with Crippen LogP contribution in [0.3, 0.4) is 0 Å². The molecular weight excluding hydrogens is 244 g/mol. The normalized spacial score (nSPS) is 25.7. The SMILES string of the molecule is CCCC1(C(=O)NCCC(C)SC)CCCNC1. The van der Waals surface area contributed by atoms with E-state index in [1.165, 1.54) is 0 Å². The molecule has 0 saturated carbocycles. The van der Waals surface area contributed by atoms with E-state index in [1.54, 1.807) is 0 Å². The summed E-state index contributed by atoms with van der Waals surface area (Å²) in [6.45, 7) is 7.10. The zero-order valence-electron chi connectivity index (χ0n) is 12.1. The van der Waals surface area contributed by atoms with E-state index in [1.807, 2.05) is 11.8 Å². The molecule has 0 spiro atoms. The lowest BCUT2D eigenvalue weighted by Crippen LogP contribution is -2.50. The maximum atomic E-state index is 12.4.